The van der Waals surface area contributed by atoms with E-state index in [-0.39, 0.29) is 36.9 Å². The van der Waals surface area contributed by atoms with Gasteiger partial charge in [-0.15, -0.1) is 0 Å². The average Bonchev–Trinajstić information content (AvgIpc) is 2.63. The van der Waals surface area contributed by atoms with Gasteiger partial charge in [0.2, 0.25) is 17.7 Å². The highest BCUT2D eigenvalue weighted by molar-refractivity contribution is 6.33. The van der Waals surface area contributed by atoms with Gasteiger partial charge in [-0.2, -0.15) is 0 Å². The van der Waals surface area contributed by atoms with E-state index < -0.39 is 0 Å². The van der Waals surface area contributed by atoms with E-state index in [2.05, 4.69) is 17.6 Å². The number of hydrogen-bond acceptors (Lipinski definition) is 4. The Kier molecular flexibility index (Phi) is 8.06. The third-order valence-electron chi connectivity index (χ3n) is 4.57. The highest BCUT2D eigenvalue weighted by atomic mass is 35.5. The molecule has 1 aliphatic heterocycles. The number of nitrogens with one attached hydrogen (secondary N) is 2. The van der Waals surface area contributed by atoms with Crippen LogP contribution in [0, 0.1) is 0 Å². The van der Waals surface area contributed by atoms with Gasteiger partial charge in [0, 0.05) is 20.1 Å². The fourth-order valence-electron chi connectivity index (χ4n) is 3.01. The zero-order chi connectivity index (χ0) is 19.8. The SMILES string of the molecule is CCCCC1C(=O)NCCN1CC(=O)N(C)CC(=O)Nc1ccccc1Cl. The van der Waals surface area contributed by atoms with Crippen molar-refractivity contribution < 1.29 is 14.4 Å². The monoisotopic (exact) mass is 394 g/mol. The summed E-state index contributed by atoms with van der Waals surface area (Å²) in [6.45, 7) is 3.28. The molecule has 1 aliphatic rings. The minimum atomic E-state index is -0.321. The highest BCUT2D eigenvalue weighted by Crippen LogP contribution is 2.20. The van der Waals surface area contributed by atoms with Crippen molar-refractivity contribution in [2.75, 3.05) is 38.5 Å². The molecule has 1 aromatic rings. The molecule has 148 valence electrons. The molecule has 3 amide bonds. The molecule has 1 aromatic carbocycles. The lowest BCUT2D eigenvalue weighted by Gasteiger charge is -2.35. The molecule has 0 saturated carbocycles. The summed E-state index contributed by atoms with van der Waals surface area (Å²) < 4.78 is 0. The molecule has 2 N–H and O–H groups in total. The lowest BCUT2D eigenvalue weighted by molar-refractivity contribution is -0.137. The molecule has 1 unspecified atom stereocenters. The molecule has 1 atom stereocenters. The van der Waals surface area contributed by atoms with Gasteiger partial charge in [0.15, 0.2) is 0 Å². The predicted octanol–water partition coefficient (Wildman–Crippen LogP) is 1.73. The van der Waals surface area contributed by atoms with Gasteiger partial charge >= 0.3 is 0 Å². The van der Waals surface area contributed by atoms with E-state index >= 15 is 0 Å². The maximum Gasteiger partial charge on any atom is 0.244 e. The Morgan fingerprint density at radius 2 is 2.11 bits per heavy atom. The van der Waals surface area contributed by atoms with Crippen LogP contribution in [0.3, 0.4) is 0 Å². The Balaban J connectivity index is 1.89. The van der Waals surface area contributed by atoms with Crippen LogP contribution in [0.15, 0.2) is 24.3 Å². The Morgan fingerprint density at radius 3 is 2.81 bits per heavy atom. The van der Waals surface area contributed by atoms with Crippen LogP contribution in [-0.2, 0) is 14.4 Å². The number of rotatable bonds is 8. The van der Waals surface area contributed by atoms with Crippen molar-refractivity contribution in [3.63, 3.8) is 0 Å². The zero-order valence-electron chi connectivity index (χ0n) is 15.8. The Bertz CT molecular complexity index is 683. The number of carbonyl (C=O) groups excluding carboxylic acids is 3. The van der Waals surface area contributed by atoms with Crippen LogP contribution in [0.25, 0.3) is 0 Å². The quantitative estimate of drug-likeness (QED) is 0.703. The number of nitrogens with zero attached hydrogens (tertiary/aromatic N) is 2. The topological polar surface area (TPSA) is 81.8 Å². The van der Waals surface area contributed by atoms with Crippen molar-refractivity contribution in [1.29, 1.82) is 0 Å². The van der Waals surface area contributed by atoms with Crippen molar-refractivity contribution in [3.8, 4) is 0 Å². The molecule has 7 nitrogen and oxygen atoms in total. The first kappa shape index (κ1) is 21.2. The lowest BCUT2D eigenvalue weighted by Crippen LogP contribution is -2.57. The fraction of sp³-hybridized carbons (Fsp3) is 0.526. The van der Waals surface area contributed by atoms with Crippen LogP contribution in [0.4, 0.5) is 5.69 Å². The van der Waals surface area contributed by atoms with E-state index in [1.807, 2.05) is 4.90 Å². The van der Waals surface area contributed by atoms with Crippen LogP contribution in [0.1, 0.15) is 26.2 Å². The maximum atomic E-state index is 12.5. The van der Waals surface area contributed by atoms with Gasteiger partial charge in [-0.3, -0.25) is 19.3 Å². The predicted molar refractivity (Wildman–Crippen MR) is 106 cm³/mol. The molecule has 0 aliphatic carbocycles. The number of amides is 3. The minimum absolute atomic E-state index is 0.0263. The second-order valence-electron chi connectivity index (χ2n) is 6.70. The number of halogens is 1. The minimum Gasteiger partial charge on any atom is -0.353 e. The summed E-state index contributed by atoms with van der Waals surface area (Å²) in [6.07, 6.45) is 2.65. The third-order valence-corrected chi connectivity index (χ3v) is 4.90. The van der Waals surface area contributed by atoms with E-state index in [4.69, 9.17) is 11.6 Å². The van der Waals surface area contributed by atoms with Crippen LogP contribution < -0.4 is 10.6 Å². The van der Waals surface area contributed by atoms with Gasteiger partial charge in [-0.05, 0) is 18.6 Å². The second kappa shape index (κ2) is 10.3. The van der Waals surface area contributed by atoms with Crippen molar-refractivity contribution in [3.05, 3.63) is 29.3 Å². The number of anilines is 1. The van der Waals surface area contributed by atoms with Crippen molar-refractivity contribution in [1.82, 2.24) is 15.1 Å². The number of hydrogen-bond donors (Lipinski definition) is 2. The molecular weight excluding hydrogens is 368 g/mol. The van der Waals surface area contributed by atoms with Gasteiger partial charge in [0.1, 0.15) is 0 Å². The van der Waals surface area contributed by atoms with Crippen LogP contribution in [0.5, 0.6) is 0 Å². The molecule has 1 heterocycles. The summed E-state index contributed by atoms with van der Waals surface area (Å²) in [7, 11) is 1.58. The molecular formula is C19H27ClN4O3. The van der Waals surface area contributed by atoms with E-state index in [1.165, 1.54) is 4.90 Å². The van der Waals surface area contributed by atoms with Gasteiger partial charge in [-0.25, -0.2) is 0 Å². The molecule has 0 radical (unpaired) electrons. The smallest absolute Gasteiger partial charge is 0.244 e. The van der Waals surface area contributed by atoms with Gasteiger partial charge in [0.25, 0.3) is 0 Å². The van der Waals surface area contributed by atoms with Crippen molar-refractivity contribution in [2.45, 2.75) is 32.2 Å². The Labute approximate surface area is 165 Å². The summed E-state index contributed by atoms with van der Waals surface area (Å²) in [5, 5.41) is 6.00. The number of unbranched alkanes of at least 4 members (excludes halogenated alkanes) is 1. The average molecular weight is 395 g/mol. The van der Waals surface area contributed by atoms with E-state index in [0.29, 0.717) is 23.8 Å². The molecule has 8 heteroatoms. The molecule has 1 saturated heterocycles. The maximum absolute atomic E-state index is 12.5. The second-order valence-corrected chi connectivity index (χ2v) is 7.10. The number of benzene rings is 1. The molecule has 27 heavy (non-hydrogen) atoms. The molecule has 0 bridgehead atoms. The normalized spacial score (nSPS) is 17.3. The van der Waals surface area contributed by atoms with E-state index in [0.717, 1.165) is 19.3 Å². The number of likely N-dealkylation sites (N-methyl/N-ethyl adjacent to an activating group) is 1. The fourth-order valence-corrected chi connectivity index (χ4v) is 3.20. The first-order valence-electron chi connectivity index (χ1n) is 9.22. The van der Waals surface area contributed by atoms with Crippen LogP contribution >= 0.6 is 11.6 Å². The van der Waals surface area contributed by atoms with E-state index in [9.17, 15) is 14.4 Å². The number of carbonyl (C=O) groups is 3. The summed E-state index contributed by atoms with van der Waals surface area (Å²) in [4.78, 5) is 40.1. The summed E-state index contributed by atoms with van der Waals surface area (Å²) in [5.41, 5.74) is 0.511. The van der Waals surface area contributed by atoms with Crippen LogP contribution in [0.2, 0.25) is 5.02 Å². The lowest BCUT2D eigenvalue weighted by atomic mass is 10.1. The van der Waals surface area contributed by atoms with Gasteiger partial charge in [0.05, 0.1) is 29.8 Å². The largest absolute Gasteiger partial charge is 0.353 e. The van der Waals surface area contributed by atoms with Gasteiger partial charge < -0.3 is 15.5 Å². The highest BCUT2D eigenvalue weighted by Gasteiger charge is 2.31. The first-order chi connectivity index (χ1) is 12.9. The number of piperazine rings is 1. The Hall–Kier alpha value is -2.12. The van der Waals surface area contributed by atoms with Crippen molar-refractivity contribution >= 4 is 35.0 Å². The standard InChI is InChI=1S/C19H27ClN4O3/c1-3-4-9-16-19(27)21-10-11-24(16)13-18(26)23(2)12-17(25)22-15-8-6-5-7-14(15)20/h5-8,16H,3-4,9-13H2,1-2H3,(H,21,27)(H,22,25). The zero-order valence-corrected chi connectivity index (χ0v) is 16.6. The number of para-hydroxylation sites is 1. The third kappa shape index (κ3) is 6.22. The summed E-state index contributed by atoms with van der Waals surface area (Å²) >= 11 is 6.03. The Morgan fingerprint density at radius 1 is 1.37 bits per heavy atom. The summed E-state index contributed by atoms with van der Waals surface area (Å²) in [5.74, 6) is -0.542. The summed E-state index contributed by atoms with van der Waals surface area (Å²) in [6, 6.07) is 6.65. The first-order valence-corrected chi connectivity index (χ1v) is 9.60. The van der Waals surface area contributed by atoms with Crippen molar-refractivity contribution in [2.24, 2.45) is 0 Å². The molecule has 0 aromatic heterocycles. The molecule has 0 spiro atoms. The molecule has 2 rings (SSSR count). The van der Waals surface area contributed by atoms with E-state index in [1.54, 1.807) is 31.3 Å². The molecule has 1 fully saturated rings. The van der Waals surface area contributed by atoms with Crippen LogP contribution in [-0.4, -0.2) is 66.8 Å². The van der Waals surface area contributed by atoms with Gasteiger partial charge in [-0.1, -0.05) is 43.5 Å².